The van der Waals surface area contributed by atoms with E-state index >= 15 is 0 Å². The fourth-order valence-electron chi connectivity index (χ4n) is 2.51. The van der Waals surface area contributed by atoms with Crippen molar-refractivity contribution in [3.8, 4) is 5.75 Å². The lowest BCUT2D eigenvalue weighted by Gasteiger charge is -2.18. The highest BCUT2D eigenvalue weighted by Crippen LogP contribution is 2.25. The van der Waals surface area contributed by atoms with E-state index in [1.54, 1.807) is 0 Å². The molecule has 1 N–H and O–H groups in total. The summed E-state index contributed by atoms with van der Waals surface area (Å²) in [6, 6.07) is 5.46. The molecule has 0 bridgehead atoms. The molecule has 2 aromatic rings. The monoisotopic (exact) mass is 394 g/mol. The number of carbonyl (C=O) groups is 2. The second-order valence-corrected chi connectivity index (χ2v) is 5.61. The molecule has 0 aliphatic rings. The van der Waals surface area contributed by atoms with Crippen molar-refractivity contribution in [2.45, 2.75) is 12.5 Å². The maximum absolute atomic E-state index is 13.8. The third kappa shape index (κ3) is 4.58. The summed E-state index contributed by atoms with van der Waals surface area (Å²) in [6.07, 6.45) is -0.236. The minimum atomic E-state index is -1.36. The maximum atomic E-state index is 13.8. The van der Waals surface area contributed by atoms with Crippen molar-refractivity contribution in [3.63, 3.8) is 0 Å². The van der Waals surface area contributed by atoms with Gasteiger partial charge in [-0.2, -0.15) is 0 Å². The number of hydrogen-bond acceptors (Lipinski definition) is 6. The van der Waals surface area contributed by atoms with Crippen LogP contribution in [0.1, 0.15) is 15.9 Å². The quantitative estimate of drug-likeness (QED) is 0.439. The van der Waals surface area contributed by atoms with Crippen molar-refractivity contribution in [3.05, 3.63) is 69.3 Å². The van der Waals surface area contributed by atoms with Gasteiger partial charge in [0.15, 0.2) is 11.6 Å². The van der Waals surface area contributed by atoms with Gasteiger partial charge in [0.25, 0.3) is 11.6 Å². The van der Waals surface area contributed by atoms with E-state index in [0.717, 1.165) is 25.3 Å². The Morgan fingerprint density at radius 2 is 1.93 bits per heavy atom. The third-order valence-corrected chi connectivity index (χ3v) is 3.89. The molecule has 1 amide bonds. The van der Waals surface area contributed by atoms with Gasteiger partial charge in [0.2, 0.25) is 0 Å². The number of ether oxygens (including phenoxy) is 2. The number of esters is 1. The maximum Gasteiger partial charge on any atom is 0.328 e. The van der Waals surface area contributed by atoms with E-state index in [4.69, 9.17) is 4.74 Å². The molecular formula is C18H16F2N2O6. The van der Waals surface area contributed by atoms with Crippen LogP contribution >= 0.6 is 0 Å². The van der Waals surface area contributed by atoms with E-state index in [-0.39, 0.29) is 23.4 Å². The number of methoxy groups -OCH3 is 2. The van der Waals surface area contributed by atoms with Gasteiger partial charge in [-0.3, -0.25) is 14.9 Å². The average molecular weight is 394 g/mol. The van der Waals surface area contributed by atoms with Crippen LogP contribution < -0.4 is 10.1 Å². The van der Waals surface area contributed by atoms with Crippen LogP contribution in [0.25, 0.3) is 0 Å². The number of amides is 1. The number of non-ortho nitro benzene ring substituents is 1. The Balaban J connectivity index is 2.34. The van der Waals surface area contributed by atoms with Gasteiger partial charge in [-0.1, -0.05) is 6.07 Å². The van der Waals surface area contributed by atoms with Crippen LogP contribution in [0.5, 0.6) is 5.75 Å². The Hall–Kier alpha value is -3.56. The molecule has 0 saturated carbocycles. The smallest absolute Gasteiger partial charge is 0.328 e. The zero-order valence-corrected chi connectivity index (χ0v) is 14.9. The first kappa shape index (κ1) is 20.7. The van der Waals surface area contributed by atoms with E-state index in [9.17, 15) is 28.5 Å². The SMILES string of the molecule is COC(=O)[C@@H](Cc1cc([N+](=O)[O-])ccc1OC)NC(=O)c1cccc(F)c1F. The predicted molar refractivity (Wildman–Crippen MR) is 93.0 cm³/mol. The number of hydrogen-bond donors (Lipinski definition) is 1. The van der Waals surface area contributed by atoms with Gasteiger partial charge in [0.1, 0.15) is 11.8 Å². The molecule has 148 valence electrons. The topological polar surface area (TPSA) is 108 Å². The number of carbonyl (C=O) groups excluding carboxylic acids is 2. The summed E-state index contributed by atoms with van der Waals surface area (Å²) < 4.78 is 36.9. The Morgan fingerprint density at radius 3 is 2.54 bits per heavy atom. The molecule has 0 aliphatic carbocycles. The highest BCUT2D eigenvalue weighted by Gasteiger charge is 2.26. The van der Waals surface area contributed by atoms with E-state index in [0.29, 0.717) is 0 Å². The fourth-order valence-corrected chi connectivity index (χ4v) is 2.51. The third-order valence-electron chi connectivity index (χ3n) is 3.89. The zero-order chi connectivity index (χ0) is 20.8. The second-order valence-electron chi connectivity index (χ2n) is 5.61. The number of rotatable bonds is 7. The molecule has 0 heterocycles. The zero-order valence-electron chi connectivity index (χ0n) is 14.9. The Bertz CT molecular complexity index is 919. The fraction of sp³-hybridized carbons (Fsp3) is 0.222. The predicted octanol–water partition coefficient (Wildman–Crippen LogP) is 2.40. The standard InChI is InChI=1S/C18H16F2N2O6/c1-27-15-7-6-11(22(25)26)8-10(15)9-14(18(24)28-2)21-17(23)12-4-3-5-13(19)16(12)20/h3-8,14H,9H2,1-2H3,(H,21,23)/t14-/m1/s1. The van der Waals surface area contributed by atoms with Crippen molar-refractivity contribution in [1.82, 2.24) is 5.32 Å². The summed E-state index contributed by atoms with van der Waals surface area (Å²) >= 11 is 0. The lowest BCUT2D eigenvalue weighted by Crippen LogP contribution is -2.43. The van der Waals surface area contributed by atoms with Gasteiger partial charge < -0.3 is 14.8 Å². The number of benzene rings is 2. The van der Waals surface area contributed by atoms with Crippen molar-refractivity contribution in [2.24, 2.45) is 0 Å². The van der Waals surface area contributed by atoms with Crippen LogP contribution in [-0.4, -0.2) is 37.1 Å². The van der Waals surface area contributed by atoms with Crippen LogP contribution in [0.3, 0.4) is 0 Å². The van der Waals surface area contributed by atoms with Crippen LogP contribution in [-0.2, 0) is 16.0 Å². The molecule has 8 nitrogen and oxygen atoms in total. The van der Waals surface area contributed by atoms with E-state index < -0.39 is 40.0 Å². The molecule has 0 saturated heterocycles. The minimum Gasteiger partial charge on any atom is -0.496 e. The van der Waals surface area contributed by atoms with Crippen LogP contribution in [0.15, 0.2) is 36.4 Å². The van der Waals surface area contributed by atoms with E-state index in [2.05, 4.69) is 10.1 Å². The molecule has 0 aliphatic heterocycles. The summed E-state index contributed by atoms with van der Waals surface area (Å²) in [4.78, 5) is 34.7. The van der Waals surface area contributed by atoms with E-state index in [1.807, 2.05) is 0 Å². The molecule has 0 unspecified atom stereocenters. The van der Waals surface area contributed by atoms with Crippen LogP contribution in [0.4, 0.5) is 14.5 Å². The number of nitro benzene ring substituents is 1. The summed E-state index contributed by atoms with van der Waals surface area (Å²) in [5.74, 6) is -4.26. The molecule has 0 radical (unpaired) electrons. The van der Waals surface area contributed by atoms with Crippen molar-refractivity contribution in [2.75, 3.05) is 14.2 Å². The van der Waals surface area contributed by atoms with E-state index in [1.165, 1.54) is 25.3 Å². The average Bonchev–Trinajstić information content (AvgIpc) is 2.68. The van der Waals surface area contributed by atoms with Gasteiger partial charge in [-0.05, 0) is 18.2 Å². The highest BCUT2D eigenvalue weighted by molar-refractivity contribution is 5.97. The van der Waals surface area contributed by atoms with Crippen molar-refractivity contribution >= 4 is 17.6 Å². The molecule has 28 heavy (non-hydrogen) atoms. The largest absolute Gasteiger partial charge is 0.496 e. The number of nitrogens with zero attached hydrogens (tertiary/aromatic N) is 1. The molecular weight excluding hydrogens is 378 g/mol. The van der Waals surface area contributed by atoms with Crippen LogP contribution in [0.2, 0.25) is 0 Å². The van der Waals surface area contributed by atoms with Gasteiger partial charge >= 0.3 is 5.97 Å². The summed E-state index contributed by atoms with van der Waals surface area (Å²) in [5, 5.41) is 13.2. The van der Waals surface area contributed by atoms with Crippen LogP contribution in [0, 0.1) is 21.7 Å². The van der Waals surface area contributed by atoms with Gasteiger partial charge in [-0.25, -0.2) is 13.6 Å². The highest BCUT2D eigenvalue weighted by atomic mass is 19.2. The summed E-state index contributed by atoms with van der Waals surface area (Å²) in [7, 11) is 2.41. The van der Waals surface area contributed by atoms with Gasteiger partial charge in [-0.15, -0.1) is 0 Å². The Labute approximate surface area is 158 Å². The first-order valence-electron chi connectivity index (χ1n) is 7.92. The first-order chi connectivity index (χ1) is 13.3. The lowest BCUT2D eigenvalue weighted by atomic mass is 10.0. The van der Waals surface area contributed by atoms with Crippen molar-refractivity contribution < 1.29 is 32.8 Å². The molecule has 0 fully saturated rings. The van der Waals surface area contributed by atoms with Crippen molar-refractivity contribution in [1.29, 1.82) is 0 Å². The van der Waals surface area contributed by atoms with Gasteiger partial charge in [0, 0.05) is 24.1 Å². The Morgan fingerprint density at radius 1 is 1.21 bits per heavy atom. The second kappa shape index (κ2) is 8.89. The lowest BCUT2D eigenvalue weighted by molar-refractivity contribution is -0.384. The number of nitrogens with one attached hydrogen (secondary N) is 1. The normalized spacial score (nSPS) is 11.4. The number of halogens is 2. The molecule has 2 aromatic carbocycles. The minimum absolute atomic E-state index is 0.236. The molecule has 1 atom stereocenters. The Kier molecular flexibility index (Phi) is 6.59. The molecule has 0 aromatic heterocycles. The molecule has 10 heteroatoms. The molecule has 2 rings (SSSR count). The molecule has 0 spiro atoms. The van der Waals surface area contributed by atoms with Gasteiger partial charge in [0.05, 0.1) is 24.7 Å². The first-order valence-corrected chi connectivity index (χ1v) is 7.92. The number of nitro groups is 1. The summed E-state index contributed by atoms with van der Waals surface area (Å²) in [5.41, 5.74) is -0.603. The summed E-state index contributed by atoms with van der Waals surface area (Å²) in [6.45, 7) is 0.